The van der Waals surface area contributed by atoms with E-state index in [1.807, 2.05) is 49.4 Å². The molecule has 160 valence electrons. The van der Waals surface area contributed by atoms with Gasteiger partial charge in [-0.2, -0.15) is 0 Å². The minimum atomic E-state index is 0. The van der Waals surface area contributed by atoms with Gasteiger partial charge in [-0.3, -0.25) is 0 Å². The third-order valence-electron chi connectivity index (χ3n) is 3.89. The fraction of sp³-hybridized carbons (Fsp3) is 0.381. The lowest BCUT2D eigenvalue weighted by Crippen LogP contribution is -2.30. The molecule has 0 saturated heterocycles. The van der Waals surface area contributed by atoms with Crippen LogP contribution in [0.25, 0.3) is 0 Å². The number of aliphatic imine (C=N–C) groups is 1. The summed E-state index contributed by atoms with van der Waals surface area (Å²) in [5, 5.41) is 6.53. The number of halogens is 1. The van der Waals surface area contributed by atoms with Crippen molar-refractivity contribution in [2.75, 3.05) is 46.4 Å². The molecular formula is C21H30IN3O4. The summed E-state index contributed by atoms with van der Waals surface area (Å²) in [6.45, 7) is 4.43. The van der Waals surface area contributed by atoms with Crippen LogP contribution in [-0.2, 0) is 11.3 Å². The van der Waals surface area contributed by atoms with Crippen molar-refractivity contribution >= 4 is 35.6 Å². The molecule has 0 bridgehead atoms. The second-order valence-electron chi connectivity index (χ2n) is 5.88. The van der Waals surface area contributed by atoms with Crippen molar-refractivity contribution in [1.82, 2.24) is 5.32 Å². The van der Waals surface area contributed by atoms with Gasteiger partial charge >= 0.3 is 0 Å². The Morgan fingerprint density at radius 2 is 1.66 bits per heavy atom. The molecule has 2 aromatic rings. The SMILES string of the molecule is CCNC(=NCc1ccc(OCCOC)cc1)Nc1ccc(OC)c(OC)c1.I. The summed E-state index contributed by atoms with van der Waals surface area (Å²) in [4.78, 5) is 4.64. The minimum Gasteiger partial charge on any atom is -0.493 e. The largest absolute Gasteiger partial charge is 0.493 e. The molecule has 0 saturated carbocycles. The lowest BCUT2D eigenvalue weighted by molar-refractivity contribution is 0.146. The molecule has 7 nitrogen and oxygen atoms in total. The molecule has 29 heavy (non-hydrogen) atoms. The van der Waals surface area contributed by atoms with Gasteiger partial charge in [0.1, 0.15) is 12.4 Å². The molecule has 2 aromatic carbocycles. The quantitative estimate of drug-likeness (QED) is 0.216. The van der Waals surface area contributed by atoms with E-state index in [0.717, 1.165) is 23.5 Å². The lowest BCUT2D eigenvalue weighted by Gasteiger charge is -2.14. The van der Waals surface area contributed by atoms with Gasteiger partial charge in [0, 0.05) is 25.4 Å². The zero-order valence-corrected chi connectivity index (χ0v) is 19.7. The summed E-state index contributed by atoms with van der Waals surface area (Å²) in [5.41, 5.74) is 1.95. The normalized spacial score (nSPS) is 10.7. The Hall–Kier alpha value is -2.20. The lowest BCUT2D eigenvalue weighted by atomic mass is 10.2. The van der Waals surface area contributed by atoms with E-state index in [1.54, 1.807) is 21.3 Å². The topological polar surface area (TPSA) is 73.3 Å². The van der Waals surface area contributed by atoms with E-state index in [-0.39, 0.29) is 24.0 Å². The van der Waals surface area contributed by atoms with Gasteiger partial charge in [0.25, 0.3) is 0 Å². The Morgan fingerprint density at radius 1 is 0.931 bits per heavy atom. The first-order chi connectivity index (χ1) is 13.7. The van der Waals surface area contributed by atoms with Gasteiger partial charge < -0.3 is 29.6 Å². The van der Waals surface area contributed by atoms with E-state index in [2.05, 4.69) is 15.6 Å². The van der Waals surface area contributed by atoms with E-state index in [1.165, 1.54) is 0 Å². The highest BCUT2D eigenvalue weighted by Gasteiger charge is 2.06. The van der Waals surface area contributed by atoms with Crippen molar-refractivity contribution in [1.29, 1.82) is 0 Å². The molecule has 8 heteroatoms. The van der Waals surface area contributed by atoms with Crippen molar-refractivity contribution in [2.24, 2.45) is 4.99 Å². The highest BCUT2D eigenvalue weighted by Crippen LogP contribution is 2.29. The zero-order chi connectivity index (χ0) is 20.2. The molecule has 0 aromatic heterocycles. The van der Waals surface area contributed by atoms with Crippen LogP contribution >= 0.6 is 24.0 Å². The molecule has 0 aliphatic heterocycles. The van der Waals surface area contributed by atoms with Crippen LogP contribution in [0.2, 0.25) is 0 Å². The Labute approximate surface area is 189 Å². The second kappa shape index (κ2) is 13.9. The summed E-state index contributed by atoms with van der Waals surface area (Å²) in [7, 11) is 4.89. The number of guanidine groups is 1. The number of nitrogens with zero attached hydrogens (tertiary/aromatic N) is 1. The maximum atomic E-state index is 5.58. The van der Waals surface area contributed by atoms with Gasteiger partial charge in [-0.1, -0.05) is 12.1 Å². The van der Waals surface area contributed by atoms with E-state index in [4.69, 9.17) is 18.9 Å². The third kappa shape index (κ3) is 8.36. The number of methoxy groups -OCH3 is 3. The molecule has 2 rings (SSSR count). The molecule has 0 heterocycles. The third-order valence-corrected chi connectivity index (χ3v) is 3.89. The van der Waals surface area contributed by atoms with E-state index < -0.39 is 0 Å². The zero-order valence-electron chi connectivity index (χ0n) is 17.4. The molecule has 0 atom stereocenters. The number of hydrogen-bond donors (Lipinski definition) is 2. The van der Waals surface area contributed by atoms with Gasteiger partial charge in [-0.25, -0.2) is 4.99 Å². The molecule has 0 aliphatic carbocycles. The number of ether oxygens (including phenoxy) is 4. The van der Waals surface area contributed by atoms with Crippen LogP contribution in [0.3, 0.4) is 0 Å². The average molecular weight is 515 g/mol. The van der Waals surface area contributed by atoms with E-state index in [0.29, 0.717) is 37.2 Å². The second-order valence-corrected chi connectivity index (χ2v) is 5.88. The monoisotopic (exact) mass is 515 g/mol. The first kappa shape index (κ1) is 24.8. The summed E-state index contributed by atoms with van der Waals surface area (Å²) in [5.74, 6) is 2.85. The summed E-state index contributed by atoms with van der Waals surface area (Å²) >= 11 is 0. The maximum Gasteiger partial charge on any atom is 0.196 e. The molecule has 0 unspecified atom stereocenters. The van der Waals surface area contributed by atoms with Crippen molar-refractivity contribution in [3.8, 4) is 17.2 Å². The minimum absolute atomic E-state index is 0. The molecule has 0 amide bonds. The Morgan fingerprint density at radius 3 is 2.28 bits per heavy atom. The standard InChI is InChI=1S/C21H29N3O4.HI/c1-5-22-21(24-17-8-11-19(26-3)20(14-17)27-4)23-15-16-6-9-18(10-7-16)28-13-12-25-2;/h6-11,14H,5,12-13,15H2,1-4H3,(H2,22,23,24);1H. The Balaban J connectivity index is 0.00000420. The van der Waals surface area contributed by atoms with Gasteiger partial charge in [-0.15, -0.1) is 24.0 Å². The fourth-order valence-corrected chi connectivity index (χ4v) is 2.46. The Bertz CT molecular complexity index is 754. The molecule has 0 aliphatic rings. The van der Waals surface area contributed by atoms with Crippen molar-refractivity contribution < 1.29 is 18.9 Å². The van der Waals surface area contributed by atoms with Crippen LogP contribution in [0.5, 0.6) is 17.2 Å². The number of benzene rings is 2. The van der Waals surface area contributed by atoms with Crippen LogP contribution in [0, 0.1) is 0 Å². The summed E-state index contributed by atoms with van der Waals surface area (Å²) in [6, 6.07) is 13.5. The molecule has 0 spiro atoms. The number of nitrogens with one attached hydrogen (secondary N) is 2. The molecular weight excluding hydrogens is 485 g/mol. The average Bonchev–Trinajstić information content (AvgIpc) is 2.73. The number of anilines is 1. The van der Waals surface area contributed by atoms with Gasteiger partial charge in [0.05, 0.1) is 27.4 Å². The highest BCUT2D eigenvalue weighted by atomic mass is 127. The van der Waals surface area contributed by atoms with Crippen LogP contribution in [0.15, 0.2) is 47.5 Å². The van der Waals surface area contributed by atoms with Gasteiger partial charge in [0.2, 0.25) is 0 Å². The van der Waals surface area contributed by atoms with Gasteiger partial charge in [0.15, 0.2) is 17.5 Å². The molecule has 2 N–H and O–H groups in total. The predicted octanol–water partition coefficient (Wildman–Crippen LogP) is 3.92. The van der Waals surface area contributed by atoms with Crippen LogP contribution in [0.1, 0.15) is 12.5 Å². The van der Waals surface area contributed by atoms with Crippen molar-refractivity contribution in [2.45, 2.75) is 13.5 Å². The van der Waals surface area contributed by atoms with Gasteiger partial charge in [-0.05, 0) is 36.8 Å². The number of rotatable bonds is 10. The first-order valence-electron chi connectivity index (χ1n) is 9.18. The van der Waals surface area contributed by atoms with Crippen LogP contribution in [-0.4, -0.2) is 47.0 Å². The van der Waals surface area contributed by atoms with Crippen molar-refractivity contribution in [3.05, 3.63) is 48.0 Å². The highest BCUT2D eigenvalue weighted by molar-refractivity contribution is 14.0. The van der Waals surface area contributed by atoms with Crippen molar-refractivity contribution in [3.63, 3.8) is 0 Å². The predicted molar refractivity (Wildman–Crippen MR) is 127 cm³/mol. The summed E-state index contributed by atoms with van der Waals surface area (Å²) in [6.07, 6.45) is 0. The smallest absolute Gasteiger partial charge is 0.196 e. The van der Waals surface area contributed by atoms with E-state index in [9.17, 15) is 0 Å². The fourth-order valence-electron chi connectivity index (χ4n) is 2.46. The Kier molecular flexibility index (Phi) is 11.9. The maximum absolute atomic E-state index is 5.58. The first-order valence-corrected chi connectivity index (χ1v) is 9.18. The number of hydrogen-bond acceptors (Lipinski definition) is 5. The van der Waals surface area contributed by atoms with Crippen LogP contribution < -0.4 is 24.8 Å². The summed E-state index contributed by atoms with van der Waals surface area (Å²) < 4.78 is 21.2. The molecule has 0 fully saturated rings. The molecule has 0 radical (unpaired) electrons. The van der Waals surface area contributed by atoms with E-state index >= 15 is 0 Å². The van der Waals surface area contributed by atoms with Crippen LogP contribution in [0.4, 0.5) is 5.69 Å².